The molecule has 0 bridgehead atoms. The van der Waals surface area contributed by atoms with E-state index in [4.69, 9.17) is 4.74 Å². The number of hydrogen-bond donors (Lipinski definition) is 1. The van der Waals surface area contributed by atoms with Crippen LogP contribution >= 0.6 is 0 Å². The molecule has 28 heavy (non-hydrogen) atoms. The fourth-order valence-corrected chi connectivity index (χ4v) is 6.09. The number of fused-ring (bicyclic) bond motifs is 1. The molecule has 1 aromatic rings. The predicted molar refractivity (Wildman–Crippen MR) is 108 cm³/mol. The van der Waals surface area contributed by atoms with Crippen LogP contribution in [0.25, 0.3) is 0 Å². The Labute approximate surface area is 168 Å². The maximum atomic E-state index is 13.4. The Kier molecular flexibility index (Phi) is 5.08. The zero-order valence-electron chi connectivity index (χ0n) is 17.8. The van der Waals surface area contributed by atoms with Gasteiger partial charge in [0, 0.05) is 12.6 Å². The molecule has 1 saturated carbocycles. The van der Waals surface area contributed by atoms with Crippen molar-refractivity contribution in [2.45, 2.75) is 58.5 Å². The Hall–Kier alpha value is -1.60. The van der Waals surface area contributed by atoms with Gasteiger partial charge in [0.05, 0.1) is 12.0 Å². The standard InChI is InChI=1S/C21H32N2O4S/c1-13-17-16(21(17,5)6)12-23(13)19(24)18(20(2,3)4)22-28(25,26)15-10-8-14(27-7)9-11-15/h8-11,13,16-18,22H,12H2,1-7H3/t13-,16+,17-,18-/m1/s1. The molecule has 0 aromatic heterocycles. The van der Waals surface area contributed by atoms with Gasteiger partial charge in [-0.25, -0.2) is 8.42 Å². The van der Waals surface area contributed by atoms with Crippen LogP contribution in [0, 0.1) is 22.7 Å². The number of amides is 1. The minimum Gasteiger partial charge on any atom is -0.497 e. The summed E-state index contributed by atoms with van der Waals surface area (Å²) >= 11 is 0. The van der Waals surface area contributed by atoms with E-state index in [0.717, 1.165) is 0 Å². The summed E-state index contributed by atoms with van der Waals surface area (Å²) in [5.74, 6) is 1.44. The second kappa shape index (κ2) is 6.73. The lowest BCUT2D eigenvalue weighted by atomic mass is 9.86. The van der Waals surface area contributed by atoms with Crippen LogP contribution in [0.4, 0.5) is 0 Å². The first-order valence-corrected chi connectivity index (χ1v) is 11.3. The summed E-state index contributed by atoms with van der Waals surface area (Å²) in [5, 5.41) is 0. The second-order valence-electron chi connectivity index (χ2n) is 9.78. The van der Waals surface area contributed by atoms with Crippen molar-refractivity contribution in [1.82, 2.24) is 9.62 Å². The van der Waals surface area contributed by atoms with Crippen LogP contribution in [0.15, 0.2) is 29.2 Å². The quantitative estimate of drug-likeness (QED) is 0.813. The number of sulfonamides is 1. The minimum atomic E-state index is -3.84. The first-order valence-electron chi connectivity index (χ1n) is 9.77. The number of benzene rings is 1. The van der Waals surface area contributed by atoms with Crippen molar-refractivity contribution in [2.75, 3.05) is 13.7 Å². The van der Waals surface area contributed by atoms with Gasteiger partial charge in [0.1, 0.15) is 11.8 Å². The summed E-state index contributed by atoms with van der Waals surface area (Å²) in [5.41, 5.74) is -0.283. The molecule has 1 N–H and O–H groups in total. The van der Waals surface area contributed by atoms with E-state index in [1.165, 1.54) is 19.2 Å². The second-order valence-corrected chi connectivity index (χ2v) is 11.5. The normalized spacial score (nSPS) is 27.2. The molecule has 1 amide bonds. The highest BCUT2D eigenvalue weighted by atomic mass is 32.2. The molecular weight excluding hydrogens is 376 g/mol. The molecule has 2 aliphatic rings. The zero-order valence-corrected chi connectivity index (χ0v) is 18.6. The fourth-order valence-electron chi connectivity index (χ4n) is 4.70. The number of methoxy groups -OCH3 is 1. The predicted octanol–water partition coefficient (Wildman–Crippen LogP) is 2.89. The van der Waals surface area contributed by atoms with Crippen molar-refractivity contribution >= 4 is 15.9 Å². The average Bonchev–Trinajstić information content (AvgIpc) is 2.94. The van der Waals surface area contributed by atoms with Gasteiger partial charge in [0.25, 0.3) is 0 Å². The summed E-state index contributed by atoms with van der Waals surface area (Å²) in [4.78, 5) is 15.4. The van der Waals surface area contributed by atoms with E-state index >= 15 is 0 Å². The summed E-state index contributed by atoms with van der Waals surface area (Å²) in [6.07, 6.45) is 0. The van der Waals surface area contributed by atoms with Crippen molar-refractivity contribution in [3.05, 3.63) is 24.3 Å². The number of nitrogens with zero attached hydrogens (tertiary/aromatic N) is 1. The van der Waals surface area contributed by atoms with E-state index in [2.05, 4.69) is 25.5 Å². The molecule has 7 heteroatoms. The number of nitrogens with one attached hydrogen (secondary N) is 1. The number of carbonyl (C=O) groups excluding carboxylic acids is 1. The number of hydrogen-bond acceptors (Lipinski definition) is 4. The highest BCUT2D eigenvalue weighted by molar-refractivity contribution is 7.89. The molecule has 2 fully saturated rings. The first kappa shape index (κ1) is 21.1. The molecule has 1 aliphatic heterocycles. The van der Waals surface area contributed by atoms with Crippen LogP contribution in [0.3, 0.4) is 0 Å². The first-order chi connectivity index (χ1) is 12.8. The van der Waals surface area contributed by atoms with E-state index in [0.29, 0.717) is 24.1 Å². The Morgan fingerprint density at radius 2 is 1.82 bits per heavy atom. The molecule has 0 spiro atoms. The van der Waals surface area contributed by atoms with E-state index in [1.807, 2.05) is 25.7 Å². The van der Waals surface area contributed by atoms with Gasteiger partial charge in [-0.2, -0.15) is 4.72 Å². The van der Waals surface area contributed by atoms with Gasteiger partial charge >= 0.3 is 0 Å². The van der Waals surface area contributed by atoms with Gasteiger partial charge in [-0.15, -0.1) is 0 Å². The van der Waals surface area contributed by atoms with Gasteiger partial charge in [-0.3, -0.25) is 4.79 Å². The lowest BCUT2D eigenvalue weighted by molar-refractivity contribution is -0.137. The molecule has 1 saturated heterocycles. The van der Waals surface area contributed by atoms with Gasteiger partial charge in [0.15, 0.2) is 0 Å². The molecule has 1 heterocycles. The third-order valence-electron chi connectivity index (χ3n) is 6.58. The molecule has 0 unspecified atom stereocenters. The number of rotatable bonds is 5. The molecule has 0 radical (unpaired) electrons. The molecular formula is C21H32N2O4S. The van der Waals surface area contributed by atoms with Crippen molar-refractivity contribution in [3.63, 3.8) is 0 Å². The molecule has 156 valence electrons. The maximum absolute atomic E-state index is 13.4. The maximum Gasteiger partial charge on any atom is 0.241 e. The van der Waals surface area contributed by atoms with E-state index < -0.39 is 21.5 Å². The summed E-state index contributed by atoms with van der Waals surface area (Å²) in [6.45, 7) is 12.9. The van der Waals surface area contributed by atoms with Gasteiger partial charge < -0.3 is 9.64 Å². The van der Waals surface area contributed by atoms with E-state index in [1.54, 1.807) is 12.1 Å². The van der Waals surface area contributed by atoms with Gasteiger partial charge in [-0.1, -0.05) is 34.6 Å². The number of carbonyl (C=O) groups is 1. The largest absolute Gasteiger partial charge is 0.497 e. The van der Waals surface area contributed by atoms with E-state index in [-0.39, 0.29) is 22.3 Å². The SMILES string of the molecule is COc1ccc(S(=O)(=O)N[C@H](C(=O)N2C[C@H]3[C@@H]([C@H]2C)C3(C)C)C(C)(C)C)cc1. The van der Waals surface area contributed by atoms with Crippen LogP contribution in [-0.4, -0.2) is 45.0 Å². The molecule has 6 nitrogen and oxygen atoms in total. The van der Waals surface area contributed by atoms with Crippen LogP contribution in [-0.2, 0) is 14.8 Å². The number of ether oxygens (including phenoxy) is 1. The van der Waals surface area contributed by atoms with Crippen molar-refractivity contribution in [2.24, 2.45) is 22.7 Å². The molecule has 1 aliphatic carbocycles. The van der Waals surface area contributed by atoms with Crippen LogP contribution in [0.5, 0.6) is 5.75 Å². The Morgan fingerprint density at radius 1 is 1.25 bits per heavy atom. The highest BCUT2D eigenvalue weighted by Gasteiger charge is 2.66. The van der Waals surface area contributed by atoms with Gasteiger partial charge in [0.2, 0.25) is 15.9 Å². The molecule has 4 atom stereocenters. The highest BCUT2D eigenvalue weighted by Crippen LogP contribution is 2.64. The lowest BCUT2D eigenvalue weighted by Crippen LogP contribution is -2.56. The Morgan fingerprint density at radius 3 is 2.25 bits per heavy atom. The Balaban J connectivity index is 1.82. The topological polar surface area (TPSA) is 75.7 Å². The summed E-state index contributed by atoms with van der Waals surface area (Å²) in [6, 6.07) is 5.47. The van der Waals surface area contributed by atoms with Crippen LogP contribution in [0.1, 0.15) is 41.5 Å². The summed E-state index contributed by atoms with van der Waals surface area (Å²) in [7, 11) is -2.31. The third-order valence-corrected chi connectivity index (χ3v) is 8.02. The fraction of sp³-hybridized carbons (Fsp3) is 0.667. The zero-order chi connectivity index (χ0) is 21.1. The molecule has 3 rings (SSSR count). The monoisotopic (exact) mass is 408 g/mol. The van der Waals surface area contributed by atoms with Crippen LogP contribution in [0.2, 0.25) is 0 Å². The number of piperidine rings is 1. The van der Waals surface area contributed by atoms with Crippen molar-refractivity contribution in [3.8, 4) is 5.75 Å². The van der Waals surface area contributed by atoms with Crippen molar-refractivity contribution in [1.29, 1.82) is 0 Å². The van der Waals surface area contributed by atoms with Crippen molar-refractivity contribution < 1.29 is 17.9 Å². The summed E-state index contributed by atoms with van der Waals surface area (Å²) < 4.78 is 33.7. The van der Waals surface area contributed by atoms with E-state index in [9.17, 15) is 13.2 Å². The third kappa shape index (κ3) is 3.54. The average molecular weight is 409 g/mol. The minimum absolute atomic E-state index is 0.119. The molecule has 1 aromatic carbocycles. The van der Waals surface area contributed by atoms with Gasteiger partial charge in [-0.05, 0) is 53.9 Å². The smallest absolute Gasteiger partial charge is 0.241 e. The number of likely N-dealkylation sites (tertiary alicyclic amines) is 1. The lowest BCUT2D eigenvalue weighted by Gasteiger charge is -2.37. The Bertz CT molecular complexity index is 855. The van der Waals surface area contributed by atoms with Crippen LogP contribution < -0.4 is 9.46 Å².